The van der Waals surface area contributed by atoms with E-state index < -0.39 is 17.5 Å². The zero-order chi connectivity index (χ0) is 20.5. The summed E-state index contributed by atoms with van der Waals surface area (Å²) in [7, 11) is 1.79. The number of nitrogens with zero attached hydrogens (tertiary/aromatic N) is 4. The number of benzene rings is 1. The fraction of sp³-hybridized carbons (Fsp3) is 0.300. The van der Waals surface area contributed by atoms with Crippen molar-refractivity contribution in [3.05, 3.63) is 59.5 Å². The maximum atomic E-state index is 12.7. The van der Waals surface area contributed by atoms with Crippen LogP contribution in [0.15, 0.2) is 42.5 Å². The lowest BCUT2D eigenvalue weighted by molar-refractivity contribution is 0.00593. The zero-order valence-electron chi connectivity index (χ0n) is 16.6. The van der Waals surface area contributed by atoms with Gasteiger partial charge >= 0.3 is 5.97 Å². The van der Waals surface area contributed by atoms with Gasteiger partial charge in [-0.1, -0.05) is 18.2 Å². The van der Waals surface area contributed by atoms with Crippen LogP contribution in [0.4, 0.5) is 5.82 Å². The first-order valence-electron chi connectivity index (χ1n) is 8.85. The molecule has 0 aliphatic rings. The van der Waals surface area contributed by atoms with Crippen LogP contribution in [0.2, 0.25) is 0 Å². The molecule has 1 N–H and O–H groups in total. The first kappa shape index (κ1) is 19.3. The number of amides is 1. The van der Waals surface area contributed by atoms with Gasteiger partial charge in [-0.2, -0.15) is 10.2 Å². The highest BCUT2D eigenvalue weighted by atomic mass is 16.6. The third kappa shape index (κ3) is 4.28. The molecule has 0 unspecified atom stereocenters. The van der Waals surface area contributed by atoms with Crippen molar-refractivity contribution in [3.8, 4) is 5.69 Å². The second-order valence-electron chi connectivity index (χ2n) is 7.41. The number of carbonyl (C=O) groups excluding carboxylic acids is 2. The molecule has 2 heterocycles. The van der Waals surface area contributed by atoms with Gasteiger partial charge in [0, 0.05) is 24.9 Å². The SMILES string of the molecule is Cc1cc(NC(=O)c2cc(C(=O)OC(C)(C)C)n(-c3ccccc3)n2)nn1C. The molecule has 0 radical (unpaired) electrons. The molecule has 0 atom stereocenters. The van der Waals surface area contributed by atoms with Gasteiger partial charge in [0.05, 0.1) is 5.69 Å². The Morgan fingerprint density at radius 1 is 1.07 bits per heavy atom. The van der Waals surface area contributed by atoms with Gasteiger partial charge in [0.15, 0.2) is 17.2 Å². The minimum atomic E-state index is -0.670. The lowest BCUT2D eigenvalue weighted by Crippen LogP contribution is -2.25. The first-order valence-corrected chi connectivity index (χ1v) is 8.85. The quantitative estimate of drug-likeness (QED) is 0.701. The Balaban J connectivity index is 1.96. The molecule has 0 saturated carbocycles. The molecule has 0 aliphatic heterocycles. The molecule has 0 bridgehead atoms. The second-order valence-corrected chi connectivity index (χ2v) is 7.41. The Morgan fingerprint density at radius 2 is 1.75 bits per heavy atom. The van der Waals surface area contributed by atoms with Gasteiger partial charge in [-0.25, -0.2) is 9.48 Å². The summed E-state index contributed by atoms with van der Waals surface area (Å²) in [6, 6.07) is 12.3. The molecule has 28 heavy (non-hydrogen) atoms. The normalized spacial score (nSPS) is 11.3. The van der Waals surface area contributed by atoms with E-state index in [0.29, 0.717) is 11.5 Å². The van der Waals surface area contributed by atoms with Crippen LogP contribution in [-0.4, -0.2) is 37.0 Å². The minimum Gasteiger partial charge on any atom is -0.455 e. The highest BCUT2D eigenvalue weighted by Crippen LogP contribution is 2.18. The van der Waals surface area contributed by atoms with Crippen molar-refractivity contribution >= 4 is 17.7 Å². The van der Waals surface area contributed by atoms with Crippen LogP contribution in [0.5, 0.6) is 0 Å². The summed E-state index contributed by atoms with van der Waals surface area (Å²) in [6.07, 6.45) is 0. The number of anilines is 1. The third-order valence-electron chi connectivity index (χ3n) is 3.91. The van der Waals surface area contributed by atoms with E-state index in [-0.39, 0.29) is 11.4 Å². The standard InChI is InChI=1S/C20H23N5O3/c1-13-11-17(23-24(13)5)21-18(26)15-12-16(19(27)28-20(2,3)4)25(22-15)14-9-7-6-8-10-14/h6-12H,1-5H3,(H,21,23,26). The zero-order valence-corrected chi connectivity index (χ0v) is 16.6. The van der Waals surface area contributed by atoms with E-state index in [4.69, 9.17) is 4.74 Å². The van der Waals surface area contributed by atoms with Crippen LogP contribution < -0.4 is 5.32 Å². The van der Waals surface area contributed by atoms with Crippen molar-refractivity contribution in [1.29, 1.82) is 0 Å². The Labute approximate surface area is 163 Å². The maximum Gasteiger partial charge on any atom is 0.357 e. The summed E-state index contributed by atoms with van der Waals surface area (Å²) < 4.78 is 8.54. The van der Waals surface area contributed by atoms with Crippen molar-refractivity contribution in [1.82, 2.24) is 19.6 Å². The topological polar surface area (TPSA) is 91.0 Å². The molecule has 2 aromatic heterocycles. The molecule has 0 spiro atoms. The van der Waals surface area contributed by atoms with Crippen molar-refractivity contribution in [2.75, 3.05) is 5.32 Å². The average molecular weight is 381 g/mol. The maximum absolute atomic E-state index is 12.7. The first-order chi connectivity index (χ1) is 13.1. The average Bonchev–Trinajstić information content (AvgIpc) is 3.18. The summed E-state index contributed by atoms with van der Waals surface area (Å²) >= 11 is 0. The number of carbonyl (C=O) groups is 2. The number of nitrogens with one attached hydrogen (secondary N) is 1. The highest BCUT2D eigenvalue weighted by molar-refractivity contribution is 6.04. The Kier molecular flexibility index (Phi) is 5.04. The van der Waals surface area contributed by atoms with Crippen LogP contribution in [0.3, 0.4) is 0 Å². The van der Waals surface area contributed by atoms with Crippen molar-refractivity contribution in [2.45, 2.75) is 33.3 Å². The van der Waals surface area contributed by atoms with Crippen molar-refractivity contribution in [3.63, 3.8) is 0 Å². The minimum absolute atomic E-state index is 0.0908. The van der Waals surface area contributed by atoms with Crippen molar-refractivity contribution in [2.24, 2.45) is 7.05 Å². The number of hydrogen-bond donors (Lipinski definition) is 1. The van der Waals surface area contributed by atoms with Gasteiger partial charge < -0.3 is 10.1 Å². The summed E-state index contributed by atoms with van der Waals surface area (Å²) in [5, 5.41) is 11.2. The molecule has 0 saturated heterocycles. The monoisotopic (exact) mass is 381 g/mol. The number of para-hydroxylation sites is 1. The number of ether oxygens (including phenoxy) is 1. The third-order valence-corrected chi connectivity index (χ3v) is 3.91. The molecule has 146 valence electrons. The molecule has 3 rings (SSSR count). The molecule has 0 aliphatic carbocycles. The van der Waals surface area contributed by atoms with E-state index in [1.54, 1.807) is 50.7 Å². The van der Waals surface area contributed by atoms with Gasteiger partial charge in [-0.3, -0.25) is 9.48 Å². The predicted octanol–water partition coefficient (Wildman–Crippen LogP) is 3.12. The summed E-state index contributed by atoms with van der Waals surface area (Å²) in [5.41, 5.74) is 1.14. The predicted molar refractivity (Wildman–Crippen MR) is 105 cm³/mol. The lowest BCUT2D eigenvalue weighted by atomic mass is 10.2. The van der Waals surface area contributed by atoms with E-state index in [0.717, 1.165) is 5.69 Å². The van der Waals surface area contributed by atoms with E-state index in [1.807, 2.05) is 25.1 Å². The summed E-state index contributed by atoms with van der Waals surface area (Å²) in [4.78, 5) is 25.3. The van der Waals surface area contributed by atoms with Gasteiger partial charge in [-0.05, 0) is 39.8 Å². The van der Waals surface area contributed by atoms with Gasteiger partial charge in [0.1, 0.15) is 5.60 Å². The van der Waals surface area contributed by atoms with Crippen LogP contribution in [0.1, 0.15) is 47.4 Å². The van der Waals surface area contributed by atoms with Crippen LogP contribution in [0.25, 0.3) is 5.69 Å². The Bertz CT molecular complexity index is 993. The Hall–Kier alpha value is -3.42. The smallest absolute Gasteiger partial charge is 0.357 e. The number of hydrogen-bond acceptors (Lipinski definition) is 5. The van der Waals surface area contributed by atoms with E-state index in [1.165, 1.54) is 10.7 Å². The van der Waals surface area contributed by atoms with Gasteiger partial charge in [0.2, 0.25) is 0 Å². The van der Waals surface area contributed by atoms with Crippen molar-refractivity contribution < 1.29 is 14.3 Å². The van der Waals surface area contributed by atoms with Gasteiger partial charge in [-0.15, -0.1) is 0 Å². The van der Waals surface area contributed by atoms with Gasteiger partial charge in [0.25, 0.3) is 5.91 Å². The van der Waals surface area contributed by atoms with E-state index in [9.17, 15) is 9.59 Å². The second kappa shape index (κ2) is 7.30. The van der Waals surface area contributed by atoms with Crippen LogP contribution in [0, 0.1) is 6.92 Å². The number of aromatic nitrogens is 4. The number of esters is 1. The molecule has 1 aromatic carbocycles. The number of aryl methyl sites for hydroxylation is 2. The molecule has 0 fully saturated rings. The largest absolute Gasteiger partial charge is 0.455 e. The summed E-state index contributed by atoms with van der Waals surface area (Å²) in [5.74, 6) is -0.604. The summed E-state index contributed by atoms with van der Waals surface area (Å²) in [6.45, 7) is 7.23. The highest BCUT2D eigenvalue weighted by Gasteiger charge is 2.25. The fourth-order valence-electron chi connectivity index (χ4n) is 2.54. The number of rotatable bonds is 4. The molecule has 8 heteroatoms. The molecule has 3 aromatic rings. The molecule has 1 amide bonds. The fourth-order valence-corrected chi connectivity index (χ4v) is 2.54. The molecular weight excluding hydrogens is 358 g/mol. The van der Waals surface area contributed by atoms with Crippen LogP contribution >= 0.6 is 0 Å². The van der Waals surface area contributed by atoms with Crippen LogP contribution in [-0.2, 0) is 11.8 Å². The van der Waals surface area contributed by atoms with E-state index >= 15 is 0 Å². The Morgan fingerprint density at radius 3 is 2.32 bits per heavy atom. The van der Waals surface area contributed by atoms with E-state index in [2.05, 4.69) is 15.5 Å². The molecular formula is C20H23N5O3. The lowest BCUT2D eigenvalue weighted by Gasteiger charge is -2.19. The molecule has 8 nitrogen and oxygen atoms in total.